The van der Waals surface area contributed by atoms with Gasteiger partial charge in [-0.1, -0.05) is 47.6 Å². The maximum absolute atomic E-state index is 12.8. The molecule has 1 saturated heterocycles. The third-order valence-corrected chi connectivity index (χ3v) is 16.7. The van der Waals surface area contributed by atoms with Gasteiger partial charge in [-0.25, -0.2) is 4.79 Å². The van der Waals surface area contributed by atoms with Crippen LogP contribution in [0.1, 0.15) is 54.4 Å². The molecule has 0 spiro atoms. The summed E-state index contributed by atoms with van der Waals surface area (Å²) in [4.78, 5) is 26.8. The van der Waals surface area contributed by atoms with Crippen molar-refractivity contribution in [1.82, 2.24) is 9.55 Å². The Morgan fingerprint density at radius 3 is 2.21 bits per heavy atom. The number of aromatic nitrogens is 2. The maximum Gasteiger partial charge on any atom is 0.330 e. The van der Waals surface area contributed by atoms with E-state index in [0.717, 1.165) is 0 Å². The third-order valence-electron chi connectivity index (χ3n) is 7.70. The van der Waals surface area contributed by atoms with Gasteiger partial charge in [0.25, 0.3) is 5.56 Å². The van der Waals surface area contributed by atoms with Crippen molar-refractivity contribution < 1.29 is 13.6 Å². The second-order valence-electron chi connectivity index (χ2n) is 12.3. The summed E-state index contributed by atoms with van der Waals surface area (Å²) in [6, 6.07) is 1.35. The minimum Gasteiger partial charge on any atom is -0.414 e. The molecule has 1 aromatic heterocycles. The van der Waals surface area contributed by atoms with Crippen molar-refractivity contribution in [3.63, 3.8) is 0 Å². The van der Waals surface area contributed by atoms with Crippen LogP contribution in [0.25, 0.3) is 0 Å². The number of hydrogen-bond acceptors (Lipinski definition) is 5. The summed E-state index contributed by atoms with van der Waals surface area (Å²) >= 11 is 0. The monoisotopic (exact) mass is 496 g/mol. The van der Waals surface area contributed by atoms with E-state index in [4.69, 9.17) is 13.6 Å². The van der Waals surface area contributed by atoms with E-state index in [2.05, 4.69) is 79.3 Å². The van der Waals surface area contributed by atoms with Gasteiger partial charge < -0.3 is 13.6 Å². The molecule has 0 bridgehead atoms. The average Bonchev–Trinajstić information content (AvgIpc) is 2.95. The summed E-state index contributed by atoms with van der Waals surface area (Å²) in [5.41, 5.74) is -1.92. The molecule has 0 aliphatic carbocycles. The maximum atomic E-state index is 12.8. The fourth-order valence-corrected chi connectivity index (χ4v) is 5.88. The van der Waals surface area contributed by atoms with Crippen molar-refractivity contribution in [1.29, 1.82) is 0 Å². The molecule has 1 N–H and O–H groups in total. The van der Waals surface area contributed by atoms with Crippen LogP contribution in [-0.2, 0) is 19.3 Å². The molecule has 0 aromatic carbocycles. The normalized spacial score (nSPS) is 24.8. The largest absolute Gasteiger partial charge is 0.414 e. The van der Waals surface area contributed by atoms with Crippen LogP contribution < -0.4 is 11.2 Å². The van der Waals surface area contributed by atoms with E-state index in [0.29, 0.717) is 19.4 Å². The molecule has 33 heavy (non-hydrogen) atoms. The van der Waals surface area contributed by atoms with Crippen LogP contribution in [0, 0.1) is 0 Å². The molecule has 0 unspecified atom stereocenters. The van der Waals surface area contributed by atoms with Crippen molar-refractivity contribution in [2.75, 3.05) is 6.61 Å². The Hall–Kier alpha value is -1.27. The Morgan fingerprint density at radius 2 is 1.73 bits per heavy atom. The zero-order chi connectivity index (χ0) is 25.5. The highest BCUT2D eigenvalue weighted by Gasteiger charge is 2.52. The summed E-state index contributed by atoms with van der Waals surface area (Å²) in [5, 5.41) is 0.0891. The van der Waals surface area contributed by atoms with E-state index in [1.807, 2.05) is 0 Å². The number of H-pyrrole nitrogens is 1. The van der Waals surface area contributed by atoms with Crippen LogP contribution in [0.3, 0.4) is 0 Å². The number of hydrogen-bond donors (Lipinski definition) is 1. The van der Waals surface area contributed by atoms with Crippen LogP contribution in [0.15, 0.2) is 34.5 Å². The summed E-state index contributed by atoms with van der Waals surface area (Å²) < 4.78 is 21.5. The van der Waals surface area contributed by atoms with Crippen LogP contribution in [0.5, 0.6) is 0 Å². The van der Waals surface area contributed by atoms with Gasteiger partial charge in [0.1, 0.15) is 6.10 Å². The lowest BCUT2D eigenvalue weighted by atomic mass is 10.0. The molecule has 1 aliphatic heterocycles. The van der Waals surface area contributed by atoms with E-state index >= 15 is 0 Å². The van der Waals surface area contributed by atoms with Gasteiger partial charge >= 0.3 is 5.69 Å². The Labute approximate surface area is 200 Å². The van der Waals surface area contributed by atoms with Crippen molar-refractivity contribution in [2.24, 2.45) is 0 Å². The van der Waals surface area contributed by atoms with Gasteiger partial charge in [0.05, 0.1) is 12.7 Å². The minimum absolute atomic E-state index is 0.0242. The van der Waals surface area contributed by atoms with Gasteiger partial charge in [0, 0.05) is 25.1 Å². The number of aromatic amines is 1. The Bertz CT molecular complexity index is 955. The van der Waals surface area contributed by atoms with E-state index < -0.39 is 33.6 Å². The highest BCUT2D eigenvalue weighted by molar-refractivity contribution is 6.74. The van der Waals surface area contributed by atoms with Crippen molar-refractivity contribution in [3.8, 4) is 0 Å². The van der Waals surface area contributed by atoms with Crippen molar-refractivity contribution in [3.05, 3.63) is 45.8 Å². The first-order valence-electron chi connectivity index (χ1n) is 11.8. The fraction of sp³-hybridized carbons (Fsp3) is 0.750. The topological polar surface area (TPSA) is 82.6 Å². The lowest BCUT2D eigenvalue weighted by Crippen LogP contribution is -2.48. The Balaban J connectivity index is 2.48. The number of nitrogens with zero attached hydrogens (tertiary/aromatic N) is 1. The summed E-state index contributed by atoms with van der Waals surface area (Å²) in [6.07, 6.45) is 3.56. The molecule has 188 valence electrons. The first kappa shape index (κ1) is 28.0. The van der Waals surface area contributed by atoms with E-state index in [1.54, 1.807) is 6.08 Å². The summed E-state index contributed by atoms with van der Waals surface area (Å²) in [6.45, 7) is 26.4. The second-order valence-corrected chi connectivity index (χ2v) is 21.8. The predicted octanol–water partition coefficient (Wildman–Crippen LogP) is 4.97. The lowest BCUT2D eigenvalue weighted by molar-refractivity contribution is -0.115. The molecule has 7 nitrogen and oxygen atoms in total. The average molecular weight is 497 g/mol. The van der Waals surface area contributed by atoms with Crippen LogP contribution >= 0.6 is 0 Å². The van der Waals surface area contributed by atoms with Crippen LogP contribution in [0.2, 0.25) is 36.3 Å². The van der Waals surface area contributed by atoms with Gasteiger partial charge in [-0.05, 0) is 36.3 Å². The second kappa shape index (κ2) is 9.41. The molecular formula is C24H44N2O5Si2. The third kappa shape index (κ3) is 6.06. The molecule has 0 amide bonds. The fourth-order valence-electron chi connectivity index (χ4n) is 3.52. The van der Waals surface area contributed by atoms with Crippen molar-refractivity contribution in [2.45, 2.75) is 109 Å². The quantitative estimate of drug-likeness (QED) is 0.406. The number of nitrogens with one attached hydrogen (secondary N) is 1. The number of ether oxygens (including phenoxy) is 1. The molecule has 0 saturated carbocycles. The lowest BCUT2D eigenvalue weighted by Gasteiger charge is -2.40. The number of rotatable bonds is 8. The van der Waals surface area contributed by atoms with E-state index in [1.165, 1.54) is 16.8 Å². The molecule has 0 radical (unpaired) electrons. The van der Waals surface area contributed by atoms with Crippen molar-refractivity contribution >= 4 is 16.6 Å². The highest BCUT2D eigenvalue weighted by Crippen LogP contribution is 2.45. The zero-order valence-electron chi connectivity index (χ0n) is 22.2. The molecule has 3 atom stereocenters. The molecule has 1 aliphatic rings. The van der Waals surface area contributed by atoms with Crippen LogP contribution in [-0.4, -0.2) is 45.0 Å². The van der Waals surface area contributed by atoms with Gasteiger partial charge in [-0.2, -0.15) is 0 Å². The van der Waals surface area contributed by atoms with E-state index in [-0.39, 0.29) is 22.3 Å². The SMILES string of the molecule is C=CC[C@]1(n2ccc(=O)[nH]c2=O)C[C@H](O[Si](C)(C)C(C)(C)C)[C@@H](CO[Si](C)(C)C(C)(C)C)O1. The highest BCUT2D eigenvalue weighted by atomic mass is 28.4. The predicted molar refractivity (Wildman–Crippen MR) is 139 cm³/mol. The smallest absolute Gasteiger partial charge is 0.330 e. The molecule has 1 aromatic rings. The molecular weight excluding hydrogens is 452 g/mol. The van der Waals surface area contributed by atoms with Gasteiger partial charge in [-0.3, -0.25) is 14.3 Å². The van der Waals surface area contributed by atoms with Crippen LogP contribution in [0.4, 0.5) is 0 Å². The standard InChI is InChI=1S/C24H44N2O5Si2/c1-12-14-24(26-15-13-20(27)25-21(26)28)16-18(31-33(10,11)23(5,6)7)19(30-24)17-29-32(8,9)22(2,3)4/h12-13,15,18-19H,1,14,16-17H2,2-11H3,(H,25,27,28)/t18-,19+,24+/m0/s1. The summed E-state index contributed by atoms with van der Waals surface area (Å²) in [7, 11) is -4.15. The Kier molecular flexibility index (Phi) is 7.98. The molecule has 1 fully saturated rings. The molecule has 2 heterocycles. The first-order chi connectivity index (χ1) is 14.9. The Morgan fingerprint density at radius 1 is 1.15 bits per heavy atom. The van der Waals surface area contributed by atoms with Gasteiger partial charge in [-0.15, -0.1) is 6.58 Å². The van der Waals surface area contributed by atoms with Gasteiger partial charge in [0.15, 0.2) is 22.4 Å². The van der Waals surface area contributed by atoms with Gasteiger partial charge in [0.2, 0.25) is 0 Å². The summed E-state index contributed by atoms with van der Waals surface area (Å²) in [5.74, 6) is 0. The first-order valence-corrected chi connectivity index (χ1v) is 17.6. The molecule has 2 rings (SSSR count). The minimum atomic E-state index is -2.13. The zero-order valence-corrected chi connectivity index (χ0v) is 24.2. The van der Waals surface area contributed by atoms with E-state index in [9.17, 15) is 9.59 Å². The molecule has 9 heteroatoms.